The highest BCUT2D eigenvalue weighted by atomic mass is 19.1. The van der Waals surface area contributed by atoms with Gasteiger partial charge in [-0.05, 0) is 43.6 Å². The van der Waals surface area contributed by atoms with Crippen LogP contribution in [0.25, 0.3) is 0 Å². The summed E-state index contributed by atoms with van der Waals surface area (Å²) in [5.41, 5.74) is 0.847. The maximum Gasteiger partial charge on any atom is 0.227 e. The fourth-order valence-corrected chi connectivity index (χ4v) is 2.59. The van der Waals surface area contributed by atoms with Gasteiger partial charge in [-0.1, -0.05) is 45.9 Å². The third kappa shape index (κ3) is 7.73. The number of amides is 1. The quantitative estimate of drug-likeness (QED) is 0.818. The third-order valence-corrected chi connectivity index (χ3v) is 3.66. The van der Waals surface area contributed by atoms with E-state index in [9.17, 15) is 9.18 Å². The molecule has 4 heteroatoms. The molecule has 0 spiro atoms. The number of nitrogens with one attached hydrogen (secondary N) is 1. The number of piperidine rings is 1. The van der Waals surface area contributed by atoms with Gasteiger partial charge in [0.1, 0.15) is 5.82 Å². The summed E-state index contributed by atoms with van der Waals surface area (Å²) in [6.45, 7) is 14.2. The van der Waals surface area contributed by atoms with E-state index >= 15 is 0 Å². The molecule has 1 aliphatic heterocycles. The highest BCUT2D eigenvalue weighted by Gasteiger charge is 2.24. The lowest BCUT2D eigenvalue weighted by Crippen LogP contribution is -2.46. The monoisotopic (exact) mass is 336 g/mol. The SMILES string of the molecule is C=CCN(C(=O)Cc1ccc(F)cc1)C1CCNCC1.CC.CC. The van der Waals surface area contributed by atoms with Gasteiger partial charge in [0.2, 0.25) is 5.91 Å². The molecule has 1 aromatic carbocycles. The van der Waals surface area contributed by atoms with Gasteiger partial charge < -0.3 is 10.2 Å². The van der Waals surface area contributed by atoms with E-state index in [1.165, 1.54) is 12.1 Å². The number of benzene rings is 1. The second kappa shape index (κ2) is 13.7. The van der Waals surface area contributed by atoms with Crippen LogP contribution in [0.4, 0.5) is 4.39 Å². The van der Waals surface area contributed by atoms with Crippen LogP contribution in [0, 0.1) is 5.82 Å². The van der Waals surface area contributed by atoms with Crippen LogP contribution < -0.4 is 5.32 Å². The van der Waals surface area contributed by atoms with Gasteiger partial charge in [0, 0.05) is 12.6 Å². The Labute approximate surface area is 146 Å². The van der Waals surface area contributed by atoms with Crippen LogP contribution in [0.2, 0.25) is 0 Å². The summed E-state index contributed by atoms with van der Waals surface area (Å²) >= 11 is 0. The van der Waals surface area contributed by atoms with Crippen LogP contribution in [0.1, 0.15) is 46.1 Å². The molecule has 1 amide bonds. The van der Waals surface area contributed by atoms with E-state index < -0.39 is 0 Å². The molecule has 0 atom stereocenters. The van der Waals surface area contributed by atoms with E-state index in [1.54, 1.807) is 18.2 Å². The first-order valence-corrected chi connectivity index (χ1v) is 9.06. The third-order valence-electron chi connectivity index (χ3n) is 3.66. The number of carbonyl (C=O) groups is 1. The minimum Gasteiger partial charge on any atom is -0.336 e. The van der Waals surface area contributed by atoms with Gasteiger partial charge >= 0.3 is 0 Å². The molecular weight excluding hydrogens is 303 g/mol. The second-order valence-corrected chi connectivity index (χ2v) is 5.12. The molecular formula is C20H33FN2O. The van der Waals surface area contributed by atoms with Crippen LogP contribution in [-0.2, 0) is 11.2 Å². The number of nitrogens with zero attached hydrogens (tertiary/aromatic N) is 1. The molecule has 0 unspecified atom stereocenters. The van der Waals surface area contributed by atoms with E-state index in [0.29, 0.717) is 13.0 Å². The number of hydrogen-bond donors (Lipinski definition) is 1. The minimum atomic E-state index is -0.275. The second-order valence-electron chi connectivity index (χ2n) is 5.12. The van der Waals surface area contributed by atoms with Crippen molar-refractivity contribution in [3.8, 4) is 0 Å². The Balaban J connectivity index is 0.00000123. The Hall–Kier alpha value is -1.68. The van der Waals surface area contributed by atoms with Gasteiger partial charge in [-0.2, -0.15) is 0 Å². The summed E-state index contributed by atoms with van der Waals surface area (Å²) in [4.78, 5) is 14.4. The van der Waals surface area contributed by atoms with E-state index in [0.717, 1.165) is 31.5 Å². The fourth-order valence-electron chi connectivity index (χ4n) is 2.59. The van der Waals surface area contributed by atoms with Crippen LogP contribution in [-0.4, -0.2) is 36.5 Å². The van der Waals surface area contributed by atoms with E-state index in [4.69, 9.17) is 0 Å². The largest absolute Gasteiger partial charge is 0.336 e. The van der Waals surface area contributed by atoms with Crippen molar-refractivity contribution in [2.45, 2.75) is 53.0 Å². The molecule has 3 nitrogen and oxygen atoms in total. The molecule has 136 valence electrons. The number of halogens is 1. The molecule has 1 N–H and O–H groups in total. The smallest absolute Gasteiger partial charge is 0.227 e. The predicted octanol–water partition coefficient (Wildman–Crippen LogP) is 4.19. The molecule has 0 saturated carbocycles. The Morgan fingerprint density at radius 1 is 1.21 bits per heavy atom. The molecule has 0 bridgehead atoms. The lowest BCUT2D eigenvalue weighted by atomic mass is 10.0. The lowest BCUT2D eigenvalue weighted by Gasteiger charge is -2.34. The molecule has 0 radical (unpaired) electrons. The van der Waals surface area contributed by atoms with Crippen molar-refractivity contribution >= 4 is 5.91 Å². The first-order valence-electron chi connectivity index (χ1n) is 9.06. The van der Waals surface area contributed by atoms with E-state index in [2.05, 4.69) is 11.9 Å². The standard InChI is InChI=1S/C16H21FN2O.2C2H6/c1-2-11-19(15-7-9-18-10-8-15)16(20)12-13-3-5-14(17)6-4-13;2*1-2/h2-6,15,18H,1,7-12H2;2*1-2H3. The van der Waals surface area contributed by atoms with Gasteiger partial charge in [-0.3, -0.25) is 4.79 Å². The number of rotatable bonds is 5. The molecule has 1 aromatic rings. The summed E-state index contributed by atoms with van der Waals surface area (Å²) in [5.74, 6) is -0.189. The summed E-state index contributed by atoms with van der Waals surface area (Å²) in [6.07, 6.45) is 4.04. The summed E-state index contributed by atoms with van der Waals surface area (Å²) in [7, 11) is 0. The molecule has 0 aromatic heterocycles. The van der Waals surface area contributed by atoms with Crippen molar-refractivity contribution in [2.75, 3.05) is 19.6 Å². The van der Waals surface area contributed by atoms with Crippen molar-refractivity contribution in [3.05, 3.63) is 48.3 Å². The van der Waals surface area contributed by atoms with E-state index in [1.807, 2.05) is 32.6 Å². The Kier molecular flexibility index (Phi) is 12.8. The molecule has 24 heavy (non-hydrogen) atoms. The summed E-state index contributed by atoms with van der Waals surface area (Å²) in [5, 5.41) is 3.30. The van der Waals surface area contributed by atoms with Crippen LogP contribution in [0.5, 0.6) is 0 Å². The van der Waals surface area contributed by atoms with Gasteiger partial charge in [-0.25, -0.2) is 4.39 Å². The van der Waals surface area contributed by atoms with Gasteiger partial charge in [-0.15, -0.1) is 6.58 Å². The molecule has 1 saturated heterocycles. The summed E-state index contributed by atoms with van der Waals surface area (Å²) < 4.78 is 12.9. The van der Waals surface area contributed by atoms with Crippen molar-refractivity contribution in [2.24, 2.45) is 0 Å². The Bertz CT molecular complexity index is 453. The zero-order valence-electron chi connectivity index (χ0n) is 15.6. The maximum atomic E-state index is 12.9. The van der Waals surface area contributed by atoms with Crippen molar-refractivity contribution in [3.63, 3.8) is 0 Å². The summed E-state index contributed by atoms with van der Waals surface area (Å²) in [6, 6.07) is 6.40. The van der Waals surface area contributed by atoms with Crippen molar-refractivity contribution in [1.29, 1.82) is 0 Å². The highest BCUT2D eigenvalue weighted by molar-refractivity contribution is 5.79. The van der Waals surface area contributed by atoms with Crippen LogP contribution >= 0.6 is 0 Å². The number of carbonyl (C=O) groups excluding carboxylic acids is 1. The minimum absolute atomic E-state index is 0.0865. The topological polar surface area (TPSA) is 32.3 Å². The van der Waals surface area contributed by atoms with Gasteiger partial charge in [0.05, 0.1) is 6.42 Å². The van der Waals surface area contributed by atoms with E-state index in [-0.39, 0.29) is 17.8 Å². The molecule has 0 aliphatic carbocycles. The van der Waals surface area contributed by atoms with Crippen molar-refractivity contribution < 1.29 is 9.18 Å². The lowest BCUT2D eigenvalue weighted by molar-refractivity contribution is -0.132. The fraction of sp³-hybridized carbons (Fsp3) is 0.550. The molecule has 1 fully saturated rings. The first-order chi connectivity index (χ1) is 11.7. The normalized spacial score (nSPS) is 13.7. The average molecular weight is 336 g/mol. The maximum absolute atomic E-state index is 12.9. The van der Waals surface area contributed by atoms with Crippen molar-refractivity contribution in [1.82, 2.24) is 10.2 Å². The molecule has 2 rings (SSSR count). The van der Waals surface area contributed by atoms with Crippen LogP contribution in [0.15, 0.2) is 36.9 Å². The average Bonchev–Trinajstić information content (AvgIpc) is 2.65. The van der Waals surface area contributed by atoms with Crippen LogP contribution in [0.3, 0.4) is 0 Å². The first kappa shape index (κ1) is 22.3. The Morgan fingerprint density at radius 3 is 2.25 bits per heavy atom. The predicted molar refractivity (Wildman–Crippen MR) is 101 cm³/mol. The Morgan fingerprint density at radius 2 is 1.75 bits per heavy atom. The molecule has 1 heterocycles. The number of hydrogen-bond acceptors (Lipinski definition) is 2. The van der Waals surface area contributed by atoms with Gasteiger partial charge in [0.25, 0.3) is 0 Å². The zero-order chi connectivity index (χ0) is 18.4. The zero-order valence-corrected chi connectivity index (χ0v) is 15.6. The van der Waals surface area contributed by atoms with Gasteiger partial charge in [0.15, 0.2) is 0 Å². The highest BCUT2D eigenvalue weighted by Crippen LogP contribution is 2.14. The molecule has 1 aliphatic rings.